The van der Waals surface area contributed by atoms with Crippen LogP contribution in [0.5, 0.6) is 17.2 Å². The van der Waals surface area contributed by atoms with E-state index in [1.165, 1.54) is 11.3 Å². The first-order chi connectivity index (χ1) is 16.1. The Hall–Kier alpha value is -2.88. The van der Waals surface area contributed by atoms with Gasteiger partial charge in [-0.15, -0.1) is 0 Å². The van der Waals surface area contributed by atoms with Crippen molar-refractivity contribution in [3.8, 4) is 17.2 Å². The highest BCUT2D eigenvalue weighted by molar-refractivity contribution is 7.22. The van der Waals surface area contributed by atoms with E-state index in [1.54, 1.807) is 44.4 Å². The lowest BCUT2D eigenvalue weighted by atomic mass is 10.1. The summed E-state index contributed by atoms with van der Waals surface area (Å²) in [5.41, 5.74) is 1.25. The fourth-order valence-electron chi connectivity index (χ4n) is 3.90. The fourth-order valence-corrected chi connectivity index (χ4v) is 4.87. The van der Waals surface area contributed by atoms with Crippen molar-refractivity contribution in [2.45, 2.75) is 6.42 Å². The molecule has 1 amide bonds. The number of thiazole rings is 1. The van der Waals surface area contributed by atoms with Gasteiger partial charge in [0.1, 0.15) is 5.75 Å². The molecule has 3 aromatic rings. The largest absolute Gasteiger partial charge is 0.497 e. The number of ether oxygens (including phenoxy) is 4. The van der Waals surface area contributed by atoms with Crippen molar-refractivity contribution in [3.63, 3.8) is 0 Å². The number of carbonyl (C=O) groups is 1. The maximum absolute atomic E-state index is 13.8. The minimum atomic E-state index is -0.168. The highest BCUT2D eigenvalue weighted by atomic mass is 32.1. The van der Waals surface area contributed by atoms with Gasteiger partial charge in [0.25, 0.3) is 5.91 Å². The van der Waals surface area contributed by atoms with Crippen LogP contribution in [0.3, 0.4) is 0 Å². The third-order valence-electron chi connectivity index (χ3n) is 5.65. The SMILES string of the molecule is COc1ccc2sc(N(CCCN3CCOCC3)C(=O)c3cccc(OC)c3OC)nc2c1. The molecule has 0 aliphatic carbocycles. The molecular formula is C24H29N3O5S. The quantitative estimate of drug-likeness (QED) is 0.471. The molecule has 1 aliphatic rings. The van der Waals surface area contributed by atoms with Gasteiger partial charge >= 0.3 is 0 Å². The Labute approximate surface area is 197 Å². The molecule has 9 heteroatoms. The van der Waals surface area contributed by atoms with Crippen molar-refractivity contribution in [3.05, 3.63) is 42.0 Å². The first-order valence-corrected chi connectivity index (χ1v) is 11.7. The van der Waals surface area contributed by atoms with Crippen LogP contribution in [0.25, 0.3) is 10.2 Å². The second-order valence-electron chi connectivity index (χ2n) is 7.64. The number of anilines is 1. The van der Waals surface area contributed by atoms with Gasteiger partial charge in [-0.3, -0.25) is 14.6 Å². The molecule has 0 N–H and O–H groups in total. The monoisotopic (exact) mass is 471 g/mol. The van der Waals surface area contributed by atoms with E-state index in [9.17, 15) is 4.79 Å². The predicted octanol–water partition coefficient (Wildman–Crippen LogP) is 3.69. The maximum Gasteiger partial charge on any atom is 0.263 e. The predicted molar refractivity (Wildman–Crippen MR) is 129 cm³/mol. The molecule has 1 saturated heterocycles. The summed E-state index contributed by atoms with van der Waals surface area (Å²) >= 11 is 1.49. The van der Waals surface area contributed by atoms with Crippen LogP contribution in [0.2, 0.25) is 0 Å². The summed E-state index contributed by atoms with van der Waals surface area (Å²) in [6.45, 7) is 4.76. The Morgan fingerprint density at radius 1 is 1.12 bits per heavy atom. The Bertz CT molecular complexity index is 1100. The third-order valence-corrected chi connectivity index (χ3v) is 6.71. The minimum Gasteiger partial charge on any atom is -0.497 e. The highest BCUT2D eigenvalue weighted by Gasteiger charge is 2.26. The van der Waals surface area contributed by atoms with Crippen molar-refractivity contribution in [2.24, 2.45) is 0 Å². The number of aromatic nitrogens is 1. The molecule has 0 unspecified atom stereocenters. The number of rotatable bonds is 9. The molecular weight excluding hydrogens is 442 g/mol. The molecule has 0 saturated carbocycles. The molecule has 0 spiro atoms. The zero-order valence-electron chi connectivity index (χ0n) is 19.2. The van der Waals surface area contributed by atoms with Crippen molar-refractivity contribution >= 4 is 32.6 Å². The number of fused-ring (bicyclic) bond motifs is 1. The van der Waals surface area contributed by atoms with Crippen LogP contribution in [-0.4, -0.2) is 76.5 Å². The van der Waals surface area contributed by atoms with E-state index < -0.39 is 0 Å². The van der Waals surface area contributed by atoms with Gasteiger partial charge in [-0.25, -0.2) is 4.98 Å². The van der Waals surface area contributed by atoms with Crippen molar-refractivity contribution in [1.29, 1.82) is 0 Å². The van der Waals surface area contributed by atoms with Crippen LogP contribution in [0.4, 0.5) is 5.13 Å². The van der Waals surface area contributed by atoms with E-state index >= 15 is 0 Å². The van der Waals surface area contributed by atoms with E-state index in [0.29, 0.717) is 28.7 Å². The number of benzene rings is 2. The van der Waals surface area contributed by atoms with Crippen molar-refractivity contribution < 1.29 is 23.7 Å². The van der Waals surface area contributed by atoms with Gasteiger partial charge in [-0.1, -0.05) is 17.4 Å². The van der Waals surface area contributed by atoms with E-state index in [1.807, 2.05) is 18.2 Å². The second kappa shape index (κ2) is 10.8. The standard InChI is InChI=1S/C24H29N3O5S/c1-29-17-8-9-21-19(16-17)25-24(33-21)27(11-5-10-26-12-14-32-15-13-26)23(28)18-6-4-7-20(30-2)22(18)31-3/h4,6-9,16H,5,10-15H2,1-3H3. The summed E-state index contributed by atoms with van der Waals surface area (Å²) in [7, 11) is 4.74. The molecule has 1 fully saturated rings. The number of methoxy groups -OCH3 is 3. The number of morpholine rings is 1. The summed E-state index contributed by atoms with van der Waals surface area (Å²) < 4.78 is 22.7. The number of hydrogen-bond acceptors (Lipinski definition) is 8. The van der Waals surface area contributed by atoms with Gasteiger partial charge in [-0.2, -0.15) is 0 Å². The summed E-state index contributed by atoms with van der Waals surface area (Å²) in [5, 5.41) is 0.648. The van der Waals surface area contributed by atoms with Crippen molar-refractivity contribution in [1.82, 2.24) is 9.88 Å². The third kappa shape index (κ3) is 5.21. The minimum absolute atomic E-state index is 0.168. The van der Waals surface area contributed by atoms with Crippen LogP contribution in [0, 0.1) is 0 Å². The van der Waals surface area contributed by atoms with Gasteiger partial charge < -0.3 is 18.9 Å². The molecule has 8 nitrogen and oxygen atoms in total. The molecule has 0 radical (unpaired) electrons. The van der Waals surface area contributed by atoms with Gasteiger partial charge in [0.2, 0.25) is 0 Å². The van der Waals surface area contributed by atoms with Gasteiger partial charge in [0, 0.05) is 32.2 Å². The number of para-hydroxylation sites is 1. The number of hydrogen-bond donors (Lipinski definition) is 0. The van der Waals surface area contributed by atoms with E-state index in [0.717, 1.165) is 55.2 Å². The molecule has 2 aromatic carbocycles. The van der Waals surface area contributed by atoms with Gasteiger partial charge in [0.15, 0.2) is 16.6 Å². The first-order valence-electron chi connectivity index (χ1n) is 10.9. The van der Waals surface area contributed by atoms with E-state index in [2.05, 4.69) is 4.90 Å². The van der Waals surface area contributed by atoms with Crippen LogP contribution in [-0.2, 0) is 4.74 Å². The Morgan fingerprint density at radius 2 is 1.94 bits per heavy atom. The molecule has 1 aromatic heterocycles. The summed E-state index contributed by atoms with van der Waals surface area (Å²) in [4.78, 5) is 22.7. The Kier molecular flexibility index (Phi) is 7.64. The average molecular weight is 472 g/mol. The molecule has 0 atom stereocenters. The van der Waals surface area contributed by atoms with Crippen LogP contribution >= 0.6 is 11.3 Å². The zero-order valence-corrected chi connectivity index (χ0v) is 20.0. The van der Waals surface area contributed by atoms with Crippen LogP contribution < -0.4 is 19.1 Å². The first kappa shape index (κ1) is 23.3. The van der Waals surface area contributed by atoms with Gasteiger partial charge in [0.05, 0.1) is 50.3 Å². The Morgan fingerprint density at radius 3 is 2.67 bits per heavy atom. The second-order valence-corrected chi connectivity index (χ2v) is 8.64. The van der Waals surface area contributed by atoms with E-state index in [-0.39, 0.29) is 5.91 Å². The molecule has 176 valence electrons. The zero-order chi connectivity index (χ0) is 23.2. The number of carbonyl (C=O) groups excluding carboxylic acids is 1. The van der Waals surface area contributed by atoms with Crippen LogP contribution in [0.15, 0.2) is 36.4 Å². The van der Waals surface area contributed by atoms with Gasteiger partial charge in [-0.05, 0) is 30.7 Å². The molecule has 4 rings (SSSR count). The van der Waals surface area contributed by atoms with Crippen molar-refractivity contribution in [2.75, 3.05) is 65.6 Å². The molecule has 0 bridgehead atoms. The lowest BCUT2D eigenvalue weighted by molar-refractivity contribution is 0.0376. The normalized spacial score (nSPS) is 14.3. The smallest absolute Gasteiger partial charge is 0.263 e. The van der Waals surface area contributed by atoms with E-state index in [4.69, 9.17) is 23.9 Å². The molecule has 33 heavy (non-hydrogen) atoms. The summed E-state index contributed by atoms with van der Waals surface area (Å²) in [6, 6.07) is 11.1. The average Bonchev–Trinajstić information content (AvgIpc) is 3.29. The lowest BCUT2D eigenvalue weighted by Gasteiger charge is -2.28. The summed E-state index contributed by atoms with van der Waals surface area (Å²) in [6.07, 6.45) is 0.817. The Balaban J connectivity index is 1.64. The number of amides is 1. The number of nitrogens with zero attached hydrogens (tertiary/aromatic N) is 3. The fraction of sp³-hybridized carbons (Fsp3) is 0.417. The maximum atomic E-state index is 13.8. The highest BCUT2D eigenvalue weighted by Crippen LogP contribution is 2.35. The van der Waals surface area contributed by atoms with Crippen LogP contribution in [0.1, 0.15) is 16.8 Å². The molecule has 2 heterocycles. The topological polar surface area (TPSA) is 73.4 Å². The summed E-state index contributed by atoms with van der Waals surface area (Å²) in [5.74, 6) is 1.51. The lowest BCUT2D eigenvalue weighted by Crippen LogP contribution is -2.39. The molecule has 1 aliphatic heterocycles.